The van der Waals surface area contributed by atoms with Gasteiger partial charge in [-0.1, -0.05) is 42.5 Å². The van der Waals surface area contributed by atoms with Crippen LogP contribution in [-0.4, -0.2) is 5.11 Å². The second kappa shape index (κ2) is 6.78. The van der Waals surface area contributed by atoms with E-state index in [0.717, 1.165) is 30.4 Å². The summed E-state index contributed by atoms with van der Waals surface area (Å²) in [5.74, 6) is 0. The van der Waals surface area contributed by atoms with Crippen LogP contribution in [0.4, 0.5) is 0 Å². The second-order valence-corrected chi connectivity index (χ2v) is 10.2. The van der Waals surface area contributed by atoms with Gasteiger partial charge in [-0.25, -0.2) is 0 Å². The van der Waals surface area contributed by atoms with Gasteiger partial charge >= 0.3 is 0 Å². The zero-order valence-electron chi connectivity index (χ0n) is 16.8. The zero-order valence-corrected chi connectivity index (χ0v) is 18.4. The van der Waals surface area contributed by atoms with E-state index in [1.165, 1.54) is 42.4 Å². The molecule has 2 aromatic heterocycles. The molecule has 0 spiro atoms. The summed E-state index contributed by atoms with van der Waals surface area (Å²) in [6.07, 6.45) is 3.29. The first kappa shape index (κ1) is 18.3. The van der Waals surface area contributed by atoms with Gasteiger partial charge in [-0.15, -0.1) is 22.7 Å². The first-order valence-electron chi connectivity index (χ1n) is 10.5. The molecule has 1 atom stereocenters. The van der Waals surface area contributed by atoms with E-state index in [2.05, 4.69) is 71.4 Å². The van der Waals surface area contributed by atoms with Crippen molar-refractivity contribution in [2.45, 2.75) is 31.8 Å². The van der Waals surface area contributed by atoms with Gasteiger partial charge in [0.05, 0.1) is 4.88 Å². The van der Waals surface area contributed by atoms with Crippen molar-refractivity contribution in [1.82, 2.24) is 0 Å². The van der Waals surface area contributed by atoms with E-state index in [4.69, 9.17) is 0 Å². The Kier molecular flexibility index (Phi) is 4.14. The van der Waals surface area contributed by atoms with E-state index < -0.39 is 5.60 Å². The molecule has 1 nitrogen and oxygen atoms in total. The third kappa shape index (κ3) is 2.63. The minimum Gasteiger partial charge on any atom is -0.381 e. The standard InChI is InChI=1S/C27H22OS2/c1-27(28,23-13-15-30-26(23)25-10-5-14-29-25)24-16-22-18-7-3-2-6-17(18)11-12-20(22)19-8-4-9-21(19)24/h2-3,5-7,10-16,28H,4,8-9H2,1H3. The molecule has 3 aromatic carbocycles. The highest BCUT2D eigenvalue weighted by atomic mass is 32.1. The third-order valence-electron chi connectivity index (χ3n) is 6.59. The molecule has 5 aromatic rings. The van der Waals surface area contributed by atoms with Crippen LogP contribution in [0.25, 0.3) is 31.3 Å². The van der Waals surface area contributed by atoms with Crippen LogP contribution >= 0.6 is 22.7 Å². The Hall–Kier alpha value is -2.46. The molecule has 0 saturated heterocycles. The van der Waals surface area contributed by atoms with Crippen molar-refractivity contribution in [3.63, 3.8) is 0 Å². The maximum absolute atomic E-state index is 12.0. The highest BCUT2D eigenvalue weighted by Crippen LogP contribution is 2.46. The van der Waals surface area contributed by atoms with Crippen molar-refractivity contribution in [2.75, 3.05) is 0 Å². The summed E-state index contributed by atoms with van der Waals surface area (Å²) in [7, 11) is 0. The van der Waals surface area contributed by atoms with Crippen LogP contribution in [0.15, 0.2) is 71.4 Å². The molecule has 30 heavy (non-hydrogen) atoms. The summed E-state index contributed by atoms with van der Waals surface area (Å²) >= 11 is 3.45. The number of aliphatic hydroxyl groups is 1. The van der Waals surface area contributed by atoms with E-state index >= 15 is 0 Å². The zero-order chi connectivity index (χ0) is 20.3. The molecule has 2 heterocycles. The van der Waals surface area contributed by atoms with Crippen LogP contribution in [0.5, 0.6) is 0 Å². The lowest BCUT2D eigenvalue weighted by atomic mass is 9.81. The van der Waals surface area contributed by atoms with Crippen LogP contribution in [0.2, 0.25) is 0 Å². The number of benzene rings is 3. The van der Waals surface area contributed by atoms with Gasteiger partial charge in [-0.05, 0) is 93.4 Å². The number of hydrogen-bond acceptors (Lipinski definition) is 3. The molecule has 0 saturated carbocycles. The van der Waals surface area contributed by atoms with Crippen LogP contribution < -0.4 is 0 Å². The molecule has 0 fully saturated rings. The lowest BCUT2D eigenvalue weighted by Gasteiger charge is -2.28. The first-order valence-corrected chi connectivity index (χ1v) is 12.2. The first-order chi connectivity index (χ1) is 14.6. The number of hydrogen-bond donors (Lipinski definition) is 1. The molecule has 0 aliphatic heterocycles. The lowest BCUT2D eigenvalue weighted by molar-refractivity contribution is 0.102. The molecule has 1 N–H and O–H groups in total. The van der Waals surface area contributed by atoms with Crippen molar-refractivity contribution in [3.8, 4) is 9.75 Å². The van der Waals surface area contributed by atoms with E-state index in [9.17, 15) is 5.11 Å². The van der Waals surface area contributed by atoms with Gasteiger partial charge in [0.2, 0.25) is 0 Å². The minimum atomic E-state index is -1.03. The molecule has 1 unspecified atom stereocenters. The molecule has 3 heteroatoms. The Balaban J connectivity index is 1.65. The highest BCUT2D eigenvalue weighted by molar-refractivity contribution is 7.20. The van der Waals surface area contributed by atoms with E-state index in [0.29, 0.717) is 0 Å². The topological polar surface area (TPSA) is 20.2 Å². The molecule has 1 aliphatic rings. The van der Waals surface area contributed by atoms with Crippen molar-refractivity contribution >= 4 is 44.2 Å². The van der Waals surface area contributed by atoms with Crippen molar-refractivity contribution < 1.29 is 5.11 Å². The quantitative estimate of drug-likeness (QED) is 0.296. The van der Waals surface area contributed by atoms with E-state index in [1.54, 1.807) is 22.7 Å². The molecular formula is C27H22OS2. The maximum atomic E-state index is 12.0. The molecule has 0 radical (unpaired) electrons. The van der Waals surface area contributed by atoms with Gasteiger partial charge in [-0.2, -0.15) is 0 Å². The molecular weight excluding hydrogens is 404 g/mol. The van der Waals surface area contributed by atoms with Gasteiger partial charge in [0.25, 0.3) is 0 Å². The van der Waals surface area contributed by atoms with Gasteiger partial charge < -0.3 is 5.11 Å². The summed E-state index contributed by atoms with van der Waals surface area (Å²) in [5.41, 5.74) is 3.85. The fourth-order valence-corrected chi connectivity index (χ4v) is 7.04. The van der Waals surface area contributed by atoms with E-state index in [-0.39, 0.29) is 0 Å². The van der Waals surface area contributed by atoms with Crippen molar-refractivity contribution in [2.24, 2.45) is 0 Å². The number of fused-ring (bicyclic) bond motifs is 5. The molecule has 0 amide bonds. The summed E-state index contributed by atoms with van der Waals surface area (Å²) in [6.45, 7) is 1.98. The van der Waals surface area contributed by atoms with Crippen molar-refractivity contribution in [1.29, 1.82) is 0 Å². The van der Waals surface area contributed by atoms with Crippen LogP contribution in [0.1, 0.15) is 35.6 Å². The fourth-order valence-electron chi connectivity index (χ4n) is 5.15. The molecule has 148 valence electrons. The van der Waals surface area contributed by atoms with Crippen molar-refractivity contribution in [3.05, 3.63) is 93.7 Å². The molecule has 0 bridgehead atoms. The van der Waals surface area contributed by atoms with E-state index in [1.807, 2.05) is 6.92 Å². The van der Waals surface area contributed by atoms with Gasteiger partial charge in [0.15, 0.2) is 0 Å². The number of rotatable bonds is 3. The second-order valence-electron chi connectivity index (χ2n) is 8.33. The van der Waals surface area contributed by atoms with Gasteiger partial charge in [0, 0.05) is 10.4 Å². The Labute approximate surface area is 184 Å². The Morgan fingerprint density at radius 1 is 0.767 bits per heavy atom. The van der Waals surface area contributed by atoms with Crippen LogP contribution in [0.3, 0.4) is 0 Å². The number of aryl methyl sites for hydroxylation is 1. The monoisotopic (exact) mass is 426 g/mol. The Bertz CT molecular complexity index is 1390. The fraction of sp³-hybridized carbons (Fsp3) is 0.185. The minimum absolute atomic E-state index is 1.02. The molecule has 1 aliphatic carbocycles. The SMILES string of the molecule is CC(O)(c1ccsc1-c1cccs1)c1cc2c(ccc3ccccc32)c2c1CCC2. The largest absolute Gasteiger partial charge is 0.381 e. The van der Waals surface area contributed by atoms with Gasteiger partial charge in [0.1, 0.15) is 5.60 Å². The summed E-state index contributed by atoms with van der Waals surface area (Å²) < 4.78 is 0. The number of thiophene rings is 2. The van der Waals surface area contributed by atoms with Gasteiger partial charge in [-0.3, -0.25) is 0 Å². The predicted octanol–water partition coefficient (Wildman–Crippen LogP) is 7.53. The lowest BCUT2D eigenvalue weighted by Crippen LogP contribution is -2.24. The maximum Gasteiger partial charge on any atom is 0.114 e. The third-order valence-corrected chi connectivity index (χ3v) is 8.55. The average molecular weight is 427 g/mol. The van der Waals surface area contributed by atoms with Crippen LogP contribution in [0, 0.1) is 0 Å². The summed E-state index contributed by atoms with van der Waals surface area (Å²) in [5, 5.41) is 21.4. The van der Waals surface area contributed by atoms with Crippen LogP contribution in [-0.2, 0) is 18.4 Å². The smallest absolute Gasteiger partial charge is 0.114 e. The highest BCUT2D eigenvalue weighted by Gasteiger charge is 2.34. The normalized spacial score (nSPS) is 15.5. The Morgan fingerprint density at radius 2 is 1.63 bits per heavy atom. The molecule has 6 rings (SSSR count). The summed E-state index contributed by atoms with van der Waals surface area (Å²) in [4.78, 5) is 2.41. The average Bonchev–Trinajstić information content (AvgIpc) is 3.53. The Morgan fingerprint density at radius 3 is 2.50 bits per heavy atom. The predicted molar refractivity (Wildman–Crippen MR) is 130 cm³/mol. The summed E-state index contributed by atoms with van der Waals surface area (Å²) in [6, 6.07) is 21.7.